The van der Waals surface area contributed by atoms with Crippen molar-refractivity contribution in [3.8, 4) is 0 Å². The molecule has 1 aliphatic heterocycles. The van der Waals surface area contributed by atoms with E-state index in [0.29, 0.717) is 6.42 Å². The molecule has 0 bridgehead atoms. The third-order valence-corrected chi connectivity index (χ3v) is 6.14. The van der Waals surface area contributed by atoms with Gasteiger partial charge < -0.3 is 4.90 Å². The van der Waals surface area contributed by atoms with E-state index in [2.05, 4.69) is 65.3 Å². The average Bonchev–Trinajstić information content (AvgIpc) is 3.24. The van der Waals surface area contributed by atoms with Crippen molar-refractivity contribution in [1.82, 2.24) is 4.90 Å². The lowest BCUT2D eigenvalue weighted by Gasteiger charge is -2.36. The van der Waals surface area contributed by atoms with Gasteiger partial charge in [-0.05, 0) is 31.2 Å². The standard InChI is InChI=1S/C22H24N2OS.2C2H6/c1-17-7-8-22-19(15-17)20(16-26-22)21(25)9-10-23-11-13-24(14-12-23)18-5-3-2-4-6-18;2*1-2/h2-8,15-16H,9-14H2,1H3;2*1-2H3. The van der Waals surface area contributed by atoms with Crippen LogP contribution in [0, 0.1) is 6.92 Å². The Morgan fingerprint density at radius 1 is 0.933 bits per heavy atom. The predicted octanol–water partition coefficient (Wildman–Crippen LogP) is 6.66. The Labute approximate surface area is 186 Å². The smallest absolute Gasteiger partial charge is 0.165 e. The van der Waals surface area contributed by atoms with Gasteiger partial charge >= 0.3 is 0 Å². The van der Waals surface area contributed by atoms with Gasteiger partial charge in [0.15, 0.2) is 5.78 Å². The van der Waals surface area contributed by atoms with Crippen molar-refractivity contribution in [1.29, 1.82) is 0 Å². The molecular formula is C26H36N2OS. The molecule has 3 aromatic rings. The summed E-state index contributed by atoms with van der Waals surface area (Å²) in [6.45, 7) is 15.0. The predicted molar refractivity (Wildman–Crippen MR) is 133 cm³/mol. The molecule has 2 heterocycles. The van der Waals surface area contributed by atoms with Crippen molar-refractivity contribution in [2.45, 2.75) is 41.0 Å². The van der Waals surface area contributed by atoms with Crippen LogP contribution in [0.25, 0.3) is 10.1 Å². The van der Waals surface area contributed by atoms with E-state index in [9.17, 15) is 4.79 Å². The minimum atomic E-state index is 0.271. The first-order chi connectivity index (χ1) is 14.7. The van der Waals surface area contributed by atoms with Crippen LogP contribution in [0.2, 0.25) is 0 Å². The van der Waals surface area contributed by atoms with Gasteiger partial charge in [-0.15, -0.1) is 11.3 Å². The number of hydrogen-bond donors (Lipinski definition) is 0. The summed E-state index contributed by atoms with van der Waals surface area (Å²) < 4.78 is 1.20. The van der Waals surface area contributed by atoms with Gasteiger partial charge in [-0.1, -0.05) is 57.5 Å². The number of thiophene rings is 1. The number of hydrogen-bond acceptors (Lipinski definition) is 4. The number of fused-ring (bicyclic) bond motifs is 1. The van der Waals surface area contributed by atoms with Crippen LogP contribution < -0.4 is 4.90 Å². The van der Waals surface area contributed by atoms with Crippen LogP contribution in [-0.2, 0) is 0 Å². The summed E-state index contributed by atoms with van der Waals surface area (Å²) >= 11 is 1.67. The number of aryl methyl sites for hydroxylation is 1. The number of anilines is 1. The molecule has 2 aromatic carbocycles. The Balaban J connectivity index is 0.000000757. The van der Waals surface area contributed by atoms with E-state index in [1.165, 1.54) is 16.0 Å². The number of rotatable bonds is 5. The number of ketones is 1. The van der Waals surface area contributed by atoms with E-state index < -0.39 is 0 Å². The van der Waals surface area contributed by atoms with Gasteiger partial charge in [-0.25, -0.2) is 0 Å². The third-order valence-electron chi connectivity index (χ3n) is 5.18. The first-order valence-electron chi connectivity index (χ1n) is 11.2. The molecule has 0 N–H and O–H groups in total. The SMILES string of the molecule is CC.CC.Cc1ccc2scc(C(=O)CCN3CCN(c4ccccc4)CC3)c2c1. The zero-order valence-corrected chi connectivity index (χ0v) is 20.0. The van der Waals surface area contributed by atoms with E-state index in [-0.39, 0.29) is 5.78 Å². The number of nitrogens with zero attached hydrogens (tertiary/aromatic N) is 2. The first-order valence-corrected chi connectivity index (χ1v) is 12.1. The third kappa shape index (κ3) is 6.16. The second kappa shape index (κ2) is 12.5. The zero-order valence-electron chi connectivity index (χ0n) is 19.1. The lowest BCUT2D eigenvalue weighted by Crippen LogP contribution is -2.46. The topological polar surface area (TPSA) is 23.6 Å². The second-order valence-corrected chi connectivity index (χ2v) is 7.90. The second-order valence-electron chi connectivity index (χ2n) is 6.99. The van der Waals surface area contributed by atoms with Crippen LogP contribution >= 0.6 is 11.3 Å². The summed E-state index contributed by atoms with van der Waals surface area (Å²) in [7, 11) is 0. The lowest BCUT2D eigenvalue weighted by atomic mass is 10.1. The van der Waals surface area contributed by atoms with Gasteiger partial charge in [-0.2, -0.15) is 0 Å². The van der Waals surface area contributed by atoms with Crippen LogP contribution in [0.3, 0.4) is 0 Å². The summed E-state index contributed by atoms with van der Waals surface area (Å²) in [4.78, 5) is 17.6. The number of benzene rings is 2. The van der Waals surface area contributed by atoms with Crippen LogP contribution in [0.1, 0.15) is 50.0 Å². The molecule has 0 atom stereocenters. The normalized spacial score (nSPS) is 13.8. The Morgan fingerprint density at radius 3 is 2.27 bits per heavy atom. The maximum Gasteiger partial charge on any atom is 0.165 e. The van der Waals surface area contributed by atoms with Gasteiger partial charge in [0.05, 0.1) is 0 Å². The zero-order chi connectivity index (χ0) is 21.9. The van der Waals surface area contributed by atoms with Gasteiger partial charge in [0, 0.05) is 65.9 Å². The Hall–Kier alpha value is -2.17. The van der Waals surface area contributed by atoms with Crippen molar-refractivity contribution < 1.29 is 4.79 Å². The van der Waals surface area contributed by atoms with Gasteiger partial charge in [0.25, 0.3) is 0 Å². The Bertz CT molecular complexity index is 896. The fourth-order valence-corrected chi connectivity index (χ4v) is 4.57. The van der Waals surface area contributed by atoms with Crippen LogP contribution in [-0.4, -0.2) is 43.4 Å². The number of Topliss-reactive ketones (excluding diaryl/α,β-unsaturated/α-hetero) is 1. The van der Waals surface area contributed by atoms with E-state index >= 15 is 0 Å². The summed E-state index contributed by atoms with van der Waals surface area (Å²) in [5.41, 5.74) is 3.40. The summed E-state index contributed by atoms with van der Waals surface area (Å²) in [6, 6.07) is 16.9. The first kappa shape index (κ1) is 24.1. The summed E-state index contributed by atoms with van der Waals surface area (Å²) in [5, 5.41) is 3.15. The molecule has 0 unspecified atom stereocenters. The Kier molecular flexibility index (Phi) is 10.0. The maximum atomic E-state index is 12.7. The molecule has 162 valence electrons. The molecule has 0 amide bonds. The fraction of sp³-hybridized carbons (Fsp3) is 0.423. The van der Waals surface area contributed by atoms with E-state index in [0.717, 1.165) is 43.7 Å². The molecule has 1 aromatic heterocycles. The van der Waals surface area contributed by atoms with Crippen molar-refractivity contribution in [2.24, 2.45) is 0 Å². The summed E-state index contributed by atoms with van der Waals surface area (Å²) in [6.07, 6.45) is 0.602. The number of piperazine rings is 1. The van der Waals surface area contributed by atoms with Gasteiger partial charge in [0.1, 0.15) is 0 Å². The Morgan fingerprint density at radius 2 is 1.60 bits per heavy atom. The highest BCUT2D eigenvalue weighted by Gasteiger charge is 2.19. The molecular weight excluding hydrogens is 388 g/mol. The quantitative estimate of drug-likeness (QED) is 0.428. The molecule has 0 aliphatic carbocycles. The molecule has 0 saturated carbocycles. The lowest BCUT2D eigenvalue weighted by molar-refractivity contribution is 0.0964. The number of carbonyl (C=O) groups is 1. The van der Waals surface area contributed by atoms with Crippen molar-refractivity contribution in [2.75, 3.05) is 37.6 Å². The van der Waals surface area contributed by atoms with Gasteiger partial charge in [-0.3, -0.25) is 9.69 Å². The molecule has 0 spiro atoms. The molecule has 3 nitrogen and oxygen atoms in total. The molecule has 1 aliphatic rings. The molecule has 1 saturated heterocycles. The maximum absolute atomic E-state index is 12.7. The molecule has 1 fully saturated rings. The van der Waals surface area contributed by atoms with E-state index in [1.807, 2.05) is 33.1 Å². The van der Waals surface area contributed by atoms with Gasteiger partial charge in [0.2, 0.25) is 0 Å². The molecule has 4 heteroatoms. The van der Waals surface area contributed by atoms with E-state index in [1.54, 1.807) is 11.3 Å². The highest BCUT2D eigenvalue weighted by Crippen LogP contribution is 2.28. The molecule has 4 rings (SSSR count). The molecule has 30 heavy (non-hydrogen) atoms. The van der Waals surface area contributed by atoms with Crippen LogP contribution in [0.4, 0.5) is 5.69 Å². The fourth-order valence-electron chi connectivity index (χ4n) is 3.62. The van der Waals surface area contributed by atoms with Crippen LogP contribution in [0.15, 0.2) is 53.9 Å². The number of para-hydroxylation sites is 1. The highest BCUT2D eigenvalue weighted by molar-refractivity contribution is 7.17. The van der Waals surface area contributed by atoms with Crippen molar-refractivity contribution >= 4 is 32.9 Å². The summed E-state index contributed by atoms with van der Waals surface area (Å²) in [5.74, 6) is 0.271. The highest BCUT2D eigenvalue weighted by atomic mass is 32.1. The van der Waals surface area contributed by atoms with Crippen molar-refractivity contribution in [3.63, 3.8) is 0 Å². The number of carbonyl (C=O) groups excluding carboxylic acids is 1. The minimum Gasteiger partial charge on any atom is -0.369 e. The monoisotopic (exact) mass is 424 g/mol. The van der Waals surface area contributed by atoms with Crippen LogP contribution in [0.5, 0.6) is 0 Å². The minimum absolute atomic E-state index is 0.271. The van der Waals surface area contributed by atoms with E-state index in [4.69, 9.17) is 0 Å². The molecule has 0 radical (unpaired) electrons. The average molecular weight is 425 g/mol. The van der Waals surface area contributed by atoms with Crippen molar-refractivity contribution in [3.05, 3.63) is 65.0 Å². The largest absolute Gasteiger partial charge is 0.369 e.